The van der Waals surface area contributed by atoms with Crippen LogP contribution in [-0.2, 0) is 10.0 Å². The first kappa shape index (κ1) is 12.3. The normalized spacial score (nSPS) is 20.6. The van der Waals surface area contributed by atoms with Crippen LogP contribution in [0.4, 0.5) is 5.69 Å². The van der Waals surface area contributed by atoms with Crippen LogP contribution in [0.2, 0.25) is 0 Å². The van der Waals surface area contributed by atoms with Crippen LogP contribution in [0, 0.1) is 0 Å². The summed E-state index contributed by atoms with van der Waals surface area (Å²) < 4.78 is 26.5. The predicted octanol–water partition coefficient (Wildman–Crippen LogP) is 1.23. The summed E-state index contributed by atoms with van der Waals surface area (Å²) in [6, 6.07) is 1.51. The number of nitrogens with two attached hydrogens (primary N) is 1. The average molecular weight is 255 g/mol. The van der Waals surface area contributed by atoms with E-state index in [2.05, 4.69) is 4.98 Å². The van der Waals surface area contributed by atoms with Gasteiger partial charge in [-0.3, -0.25) is 4.98 Å². The largest absolute Gasteiger partial charge is 0.398 e. The third-order valence-electron chi connectivity index (χ3n) is 3.21. The molecule has 1 aromatic rings. The molecule has 2 heterocycles. The molecular formula is C11H17N3O2S. The Morgan fingerprint density at radius 3 is 2.71 bits per heavy atom. The Balaban J connectivity index is 2.48. The van der Waals surface area contributed by atoms with Gasteiger partial charge in [-0.15, -0.1) is 0 Å². The van der Waals surface area contributed by atoms with Crippen molar-refractivity contribution in [3.8, 4) is 0 Å². The van der Waals surface area contributed by atoms with Gasteiger partial charge in [-0.2, -0.15) is 4.31 Å². The fourth-order valence-electron chi connectivity index (χ4n) is 2.25. The molecule has 2 rings (SSSR count). The molecule has 0 bridgehead atoms. The van der Waals surface area contributed by atoms with Gasteiger partial charge >= 0.3 is 0 Å². The topological polar surface area (TPSA) is 76.3 Å². The van der Waals surface area contributed by atoms with Crippen molar-refractivity contribution in [2.24, 2.45) is 0 Å². The summed E-state index contributed by atoms with van der Waals surface area (Å²) in [7, 11) is -3.53. The summed E-state index contributed by atoms with van der Waals surface area (Å²) in [6.07, 6.45) is 4.56. The first-order valence-electron chi connectivity index (χ1n) is 5.58. The number of hydrogen-bond donors (Lipinski definition) is 1. The molecule has 17 heavy (non-hydrogen) atoms. The lowest BCUT2D eigenvalue weighted by atomic mass is 10.0. The van der Waals surface area contributed by atoms with E-state index in [1.54, 1.807) is 0 Å². The lowest BCUT2D eigenvalue weighted by molar-refractivity contribution is 0.292. The monoisotopic (exact) mass is 255 g/mol. The summed E-state index contributed by atoms with van der Waals surface area (Å²) in [5, 5.41) is 0. The van der Waals surface area contributed by atoms with Gasteiger partial charge in [-0.05, 0) is 32.8 Å². The van der Waals surface area contributed by atoms with Crippen molar-refractivity contribution >= 4 is 15.7 Å². The van der Waals surface area contributed by atoms with E-state index in [1.807, 2.05) is 13.8 Å². The summed E-state index contributed by atoms with van der Waals surface area (Å²) in [5.41, 5.74) is 5.62. The molecule has 0 spiro atoms. The maximum atomic E-state index is 12.5. The maximum absolute atomic E-state index is 12.5. The summed E-state index contributed by atoms with van der Waals surface area (Å²) in [5.74, 6) is 0. The van der Waals surface area contributed by atoms with Gasteiger partial charge < -0.3 is 5.73 Å². The van der Waals surface area contributed by atoms with E-state index in [-0.39, 0.29) is 16.1 Å². The second-order valence-electron chi connectivity index (χ2n) is 4.91. The van der Waals surface area contributed by atoms with Gasteiger partial charge in [0.1, 0.15) is 4.90 Å². The molecule has 0 amide bonds. The predicted molar refractivity (Wildman–Crippen MR) is 65.9 cm³/mol. The number of anilines is 1. The molecule has 1 saturated heterocycles. The second-order valence-corrected chi connectivity index (χ2v) is 6.74. The molecule has 0 radical (unpaired) electrons. The zero-order chi connectivity index (χ0) is 12.7. The highest BCUT2D eigenvalue weighted by molar-refractivity contribution is 7.89. The summed E-state index contributed by atoms with van der Waals surface area (Å²) in [6.45, 7) is 4.41. The molecule has 6 heteroatoms. The van der Waals surface area contributed by atoms with Gasteiger partial charge in [0.15, 0.2) is 0 Å². The molecule has 0 unspecified atom stereocenters. The first-order chi connectivity index (χ1) is 7.86. The number of hydrogen-bond acceptors (Lipinski definition) is 4. The Morgan fingerprint density at radius 2 is 2.18 bits per heavy atom. The van der Waals surface area contributed by atoms with E-state index in [9.17, 15) is 8.42 Å². The van der Waals surface area contributed by atoms with Gasteiger partial charge in [0, 0.05) is 24.5 Å². The molecular weight excluding hydrogens is 238 g/mol. The third-order valence-corrected chi connectivity index (χ3v) is 5.36. The third kappa shape index (κ3) is 2.02. The van der Waals surface area contributed by atoms with Crippen molar-refractivity contribution in [1.82, 2.24) is 9.29 Å². The first-order valence-corrected chi connectivity index (χ1v) is 7.02. The molecule has 1 aromatic heterocycles. The second kappa shape index (κ2) is 3.96. The van der Waals surface area contributed by atoms with Crippen LogP contribution in [0.15, 0.2) is 23.4 Å². The van der Waals surface area contributed by atoms with Crippen molar-refractivity contribution < 1.29 is 8.42 Å². The Labute approximate surface area is 102 Å². The minimum Gasteiger partial charge on any atom is -0.398 e. The molecule has 1 aliphatic heterocycles. The van der Waals surface area contributed by atoms with Crippen LogP contribution < -0.4 is 5.73 Å². The summed E-state index contributed by atoms with van der Waals surface area (Å²) in [4.78, 5) is 3.95. The fraction of sp³-hybridized carbons (Fsp3) is 0.545. The number of sulfonamides is 1. The van der Waals surface area contributed by atoms with Crippen LogP contribution in [0.1, 0.15) is 26.7 Å². The number of nitrogen functional groups attached to an aromatic ring is 1. The Bertz CT molecular complexity index is 525. The van der Waals surface area contributed by atoms with Crippen molar-refractivity contribution in [3.63, 3.8) is 0 Å². The average Bonchev–Trinajstić information content (AvgIpc) is 2.59. The maximum Gasteiger partial charge on any atom is 0.247 e. The number of rotatable bonds is 2. The van der Waals surface area contributed by atoms with Crippen molar-refractivity contribution in [2.75, 3.05) is 12.3 Å². The Kier molecular flexibility index (Phi) is 2.87. The van der Waals surface area contributed by atoms with E-state index in [0.29, 0.717) is 6.54 Å². The molecule has 0 aromatic carbocycles. The molecule has 2 N–H and O–H groups in total. The highest BCUT2D eigenvalue weighted by atomic mass is 32.2. The van der Waals surface area contributed by atoms with Crippen LogP contribution in [0.3, 0.4) is 0 Å². The standard InChI is InChI=1S/C11H17N3O2S/c1-11(2)5-3-7-14(11)17(15,16)10-8-13-6-4-9(10)12/h4,6,8H,3,5,7H2,1-2H3,(H2,12,13). The molecule has 1 fully saturated rings. The van der Waals surface area contributed by atoms with E-state index in [4.69, 9.17) is 5.73 Å². The summed E-state index contributed by atoms with van der Waals surface area (Å²) >= 11 is 0. The van der Waals surface area contributed by atoms with E-state index in [0.717, 1.165) is 12.8 Å². The van der Waals surface area contributed by atoms with E-state index < -0.39 is 10.0 Å². The van der Waals surface area contributed by atoms with Gasteiger partial charge in [-0.25, -0.2) is 8.42 Å². The van der Waals surface area contributed by atoms with Crippen LogP contribution in [0.5, 0.6) is 0 Å². The van der Waals surface area contributed by atoms with E-state index in [1.165, 1.54) is 22.8 Å². The van der Waals surface area contributed by atoms with Crippen molar-refractivity contribution in [3.05, 3.63) is 18.5 Å². The molecule has 0 aliphatic carbocycles. The molecule has 94 valence electrons. The van der Waals surface area contributed by atoms with Gasteiger partial charge in [0.25, 0.3) is 0 Å². The number of nitrogens with zero attached hydrogens (tertiary/aromatic N) is 2. The SMILES string of the molecule is CC1(C)CCCN1S(=O)(=O)c1cnccc1N. The Hall–Kier alpha value is -1.14. The van der Waals surface area contributed by atoms with Gasteiger partial charge in [0.2, 0.25) is 10.0 Å². The highest BCUT2D eigenvalue weighted by Crippen LogP contribution is 2.34. The lowest BCUT2D eigenvalue weighted by Crippen LogP contribution is -2.42. The quantitative estimate of drug-likeness (QED) is 0.862. The number of pyridine rings is 1. The molecule has 5 nitrogen and oxygen atoms in total. The van der Waals surface area contributed by atoms with Gasteiger partial charge in [-0.1, -0.05) is 0 Å². The minimum atomic E-state index is -3.53. The highest BCUT2D eigenvalue weighted by Gasteiger charge is 2.41. The van der Waals surface area contributed by atoms with Crippen LogP contribution in [-0.4, -0.2) is 29.8 Å². The van der Waals surface area contributed by atoms with Crippen LogP contribution in [0.25, 0.3) is 0 Å². The van der Waals surface area contributed by atoms with Crippen molar-refractivity contribution in [1.29, 1.82) is 0 Å². The zero-order valence-corrected chi connectivity index (χ0v) is 10.9. The number of aromatic nitrogens is 1. The Morgan fingerprint density at radius 1 is 1.47 bits per heavy atom. The lowest BCUT2D eigenvalue weighted by Gasteiger charge is -2.30. The van der Waals surface area contributed by atoms with Crippen molar-refractivity contribution in [2.45, 2.75) is 37.1 Å². The zero-order valence-electron chi connectivity index (χ0n) is 10.0. The minimum absolute atomic E-state index is 0.106. The molecule has 0 saturated carbocycles. The van der Waals surface area contributed by atoms with E-state index >= 15 is 0 Å². The smallest absolute Gasteiger partial charge is 0.247 e. The fourth-order valence-corrected chi connectivity index (χ4v) is 4.16. The molecule has 1 aliphatic rings. The van der Waals surface area contributed by atoms with Gasteiger partial charge in [0.05, 0.1) is 5.69 Å². The van der Waals surface area contributed by atoms with Crippen LogP contribution >= 0.6 is 0 Å². The molecule has 0 atom stereocenters.